The Kier molecular flexibility index (Phi) is 22.8. The fraction of sp³-hybridized carbons (Fsp3) is 0.107. The molecule has 1 aliphatic carbocycles. The number of aromatic nitrogens is 2. The maximum absolute atomic E-state index is 14.7. The van der Waals surface area contributed by atoms with Gasteiger partial charge in [0.15, 0.2) is 5.57 Å². The van der Waals surface area contributed by atoms with Crippen LogP contribution in [0.1, 0.15) is 25.0 Å². The lowest BCUT2D eigenvalue weighted by Gasteiger charge is -2.26. The Morgan fingerprint density at radius 1 is 0.223 bits per heavy atom. The van der Waals surface area contributed by atoms with E-state index in [9.17, 15) is 9.59 Å². The van der Waals surface area contributed by atoms with Crippen LogP contribution in [0.5, 0.6) is 46.0 Å². The molecule has 2 heterocycles. The minimum absolute atomic E-state index is 0.0332. The van der Waals surface area contributed by atoms with Crippen molar-refractivity contribution in [1.82, 2.24) is 9.13 Å². The highest BCUT2D eigenvalue weighted by molar-refractivity contribution is 6.25. The van der Waals surface area contributed by atoms with Crippen LogP contribution in [0.4, 0.5) is 68.2 Å². The number of rotatable bonds is 28. The summed E-state index contributed by atoms with van der Waals surface area (Å²) in [5.74, 6) is 4.42. The molecule has 1 aliphatic rings. The number of esters is 2. The fourth-order valence-electron chi connectivity index (χ4n) is 17.8. The highest BCUT2D eigenvalue weighted by atomic mass is 16.6. The molecule has 0 saturated heterocycles. The summed E-state index contributed by atoms with van der Waals surface area (Å²) in [5.41, 5.74) is 23.8. The van der Waals surface area contributed by atoms with E-state index in [4.69, 9.17) is 47.4 Å². The van der Waals surface area contributed by atoms with Gasteiger partial charge >= 0.3 is 11.9 Å². The van der Waals surface area contributed by atoms with Crippen LogP contribution in [-0.2, 0) is 19.1 Å². The molecular weight excluding hydrogens is 1620 g/mol. The van der Waals surface area contributed by atoms with Crippen molar-refractivity contribution >= 4 is 129 Å². The molecule has 0 amide bonds. The number of methoxy groups -OCH3 is 8. The van der Waals surface area contributed by atoms with E-state index in [0.29, 0.717) is 16.7 Å². The van der Waals surface area contributed by atoms with E-state index < -0.39 is 11.9 Å². The lowest BCUT2D eigenvalue weighted by atomic mass is 9.93. The first-order valence-corrected chi connectivity index (χ1v) is 42.9. The summed E-state index contributed by atoms with van der Waals surface area (Å²) in [6, 6.07) is 121. The van der Waals surface area contributed by atoms with Crippen LogP contribution in [0.25, 0.3) is 93.9 Å². The van der Waals surface area contributed by atoms with E-state index in [-0.39, 0.29) is 18.8 Å². The molecule has 0 N–H and O–H groups in total. The fourth-order valence-corrected chi connectivity index (χ4v) is 17.8. The van der Waals surface area contributed by atoms with E-state index in [1.165, 1.54) is 0 Å². The second kappa shape index (κ2) is 35.8. The van der Waals surface area contributed by atoms with Gasteiger partial charge in [-0.25, -0.2) is 9.59 Å². The molecule has 18 aromatic rings. The van der Waals surface area contributed by atoms with Crippen molar-refractivity contribution in [3.05, 3.63) is 369 Å². The molecule has 130 heavy (non-hydrogen) atoms. The van der Waals surface area contributed by atoms with Gasteiger partial charge in [0.25, 0.3) is 0 Å². The van der Waals surface area contributed by atoms with Crippen LogP contribution < -0.4 is 57.5 Å². The second-order valence-corrected chi connectivity index (χ2v) is 31.2. The molecule has 18 nitrogen and oxygen atoms in total. The Bertz CT molecular complexity index is 6350. The topological polar surface area (TPSA) is 149 Å². The number of anilines is 12. The average molecular weight is 1710 g/mol. The molecule has 0 radical (unpaired) electrons. The summed E-state index contributed by atoms with van der Waals surface area (Å²) >= 11 is 0. The molecule has 0 bridgehead atoms. The molecule has 0 fully saturated rings. The van der Waals surface area contributed by atoms with Gasteiger partial charge in [0, 0.05) is 107 Å². The first-order valence-electron chi connectivity index (χ1n) is 42.9. The Morgan fingerprint density at radius 3 is 0.623 bits per heavy atom. The van der Waals surface area contributed by atoms with Crippen LogP contribution in [-0.4, -0.2) is 91.2 Å². The monoisotopic (exact) mass is 1710 g/mol. The van der Waals surface area contributed by atoms with Crippen molar-refractivity contribution in [2.75, 3.05) is 89.7 Å². The number of nitrogens with zero attached hydrogens (tertiary/aromatic N) is 6. The van der Waals surface area contributed by atoms with Crippen LogP contribution >= 0.6 is 0 Å². The molecule has 642 valence electrons. The smallest absolute Gasteiger partial charge is 0.346 e. The van der Waals surface area contributed by atoms with Gasteiger partial charge in [0.1, 0.15) is 46.0 Å². The van der Waals surface area contributed by atoms with Crippen LogP contribution in [0.2, 0.25) is 0 Å². The highest BCUT2D eigenvalue weighted by Gasteiger charge is 2.35. The van der Waals surface area contributed by atoms with Crippen LogP contribution in [0.15, 0.2) is 357 Å². The first-order chi connectivity index (χ1) is 63.8. The molecule has 2 aromatic heterocycles. The minimum atomic E-state index is -0.776. The average Bonchev–Trinajstić information content (AvgIpc) is 1.57. The number of fused-ring (bicyclic) bond motifs is 9. The molecule has 0 atom stereocenters. The lowest BCUT2D eigenvalue weighted by Crippen LogP contribution is -2.20. The summed E-state index contributed by atoms with van der Waals surface area (Å²) in [6.45, 7) is 3.54. The van der Waals surface area contributed by atoms with Gasteiger partial charge in [0.2, 0.25) is 0 Å². The Balaban J connectivity index is 0.710. The number of ether oxygens (including phenoxy) is 10. The molecule has 0 spiro atoms. The van der Waals surface area contributed by atoms with Gasteiger partial charge < -0.3 is 76.1 Å². The van der Waals surface area contributed by atoms with Gasteiger partial charge in [-0.05, 0) is 362 Å². The van der Waals surface area contributed by atoms with E-state index in [1.54, 1.807) is 70.7 Å². The van der Waals surface area contributed by atoms with Crippen molar-refractivity contribution in [2.24, 2.45) is 0 Å². The normalized spacial score (nSPS) is 11.4. The zero-order chi connectivity index (χ0) is 89.2. The molecule has 0 saturated carbocycles. The first kappa shape index (κ1) is 83.0. The molecule has 19 rings (SSSR count). The van der Waals surface area contributed by atoms with Crippen molar-refractivity contribution in [2.45, 2.75) is 13.8 Å². The number of hydrogen-bond acceptors (Lipinski definition) is 16. The standard InChI is InChI=1S/C112H92N6O12/c1-11-129-111(119)110(112(120)130-12-2)109-103-65-73(71-13-19-83(20-14-71)117-105-61-39-85(113(75-23-43-89(121-3)44-24-75)76-25-45-90(122-4)46-26-76)67-99(105)100-68-86(40-62-106(100)117)114(77-27-47-91(123-5)48-28-77)78-29-49-92(124-6)50-30-78)17-59-97(103)98-60-18-74(66-104(98)109)72-15-21-84(22-16-72)118-107-63-41-87(115(79-31-51-93(125-7)52-32-79)80-33-53-94(126-8)54-34-80)69-101(107)102-70-88(42-64-108(102)118)116(81-35-55-95(127-9)56-36-81)82-37-57-96(128-10)58-38-82/h13-70H,11-12H2,1-10H3. The zero-order valence-corrected chi connectivity index (χ0v) is 73.5. The third kappa shape index (κ3) is 15.6. The molecule has 18 heteroatoms. The predicted molar refractivity (Wildman–Crippen MR) is 522 cm³/mol. The minimum Gasteiger partial charge on any atom is -0.497 e. The largest absolute Gasteiger partial charge is 0.497 e. The molecule has 16 aromatic carbocycles. The van der Waals surface area contributed by atoms with Crippen LogP contribution in [0.3, 0.4) is 0 Å². The van der Waals surface area contributed by atoms with Crippen molar-refractivity contribution < 1.29 is 57.0 Å². The summed E-state index contributed by atoms with van der Waals surface area (Å²) in [4.78, 5) is 38.4. The third-order valence-electron chi connectivity index (χ3n) is 24.1. The Morgan fingerprint density at radius 2 is 0.423 bits per heavy atom. The molecule has 0 unspecified atom stereocenters. The van der Waals surface area contributed by atoms with Gasteiger partial charge in [-0.2, -0.15) is 0 Å². The van der Waals surface area contributed by atoms with Gasteiger partial charge in [-0.3, -0.25) is 0 Å². The maximum atomic E-state index is 14.7. The summed E-state index contributed by atoms with van der Waals surface area (Å²) in [5, 5.41) is 4.04. The van der Waals surface area contributed by atoms with E-state index >= 15 is 0 Å². The van der Waals surface area contributed by atoms with Crippen molar-refractivity contribution in [3.63, 3.8) is 0 Å². The van der Waals surface area contributed by atoms with E-state index in [1.807, 2.05) is 97.1 Å². The number of hydrogen-bond donors (Lipinski definition) is 0. The quantitative estimate of drug-likeness (QED) is 0.0198. The lowest BCUT2D eigenvalue weighted by molar-refractivity contribution is -0.146. The van der Waals surface area contributed by atoms with Crippen molar-refractivity contribution in [3.8, 4) is 90.8 Å². The molecule has 0 aliphatic heterocycles. The zero-order valence-electron chi connectivity index (χ0n) is 73.5. The van der Waals surface area contributed by atoms with Gasteiger partial charge in [0.05, 0.1) is 92.2 Å². The summed E-state index contributed by atoms with van der Waals surface area (Å²) in [6.07, 6.45) is 0. The van der Waals surface area contributed by atoms with Gasteiger partial charge in [-0.15, -0.1) is 0 Å². The summed E-state index contributed by atoms with van der Waals surface area (Å²) in [7, 11) is 13.4. The number of benzene rings is 16. The SMILES string of the molecule is CCOC(=O)C(C(=O)OCC)=C1c2cc(-c3ccc(-n4c5ccc(N(c6ccc(OC)cc6)c6ccc(OC)cc6)cc5c5cc(N(c6ccc(OC)cc6)c6ccc(OC)cc6)ccc54)cc3)ccc2-c2ccc(-c3ccc(-n4c5ccc(N(c6ccc(OC)cc6)c6ccc(OC)cc6)cc5c5cc(N(c6ccc(OC)cc6)c6ccc(OC)cc6)ccc54)cc3)cc21. The van der Waals surface area contributed by atoms with Crippen LogP contribution in [0, 0.1) is 0 Å². The predicted octanol–water partition coefficient (Wildman–Crippen LogP) is 27.1. The van der Waals surface area contributed by atoms with Crippen molar-refractivity contribution in [1.29, 1.82) is 0 Å². The second-order valence-electron chi connectivity index (χ2n) is 31.2. The Labute approximate surface area is 753 Å². The summed E-state index contributed by atoms with van der Waals surface area (Å²) < 4.78 is 61.5. The Hall–Kier alpha value is -16.6. The van der Waals surface area contributed by atoms with E-state index in [0.717, 1.165) is 203 Å². The number of carbonyl (C=O) groups excluding carboxylic acids is 2. The third-order valence-corrected chi connectivity index (χ3v) is 24.1. The maximum Gasteiger partial charge on any atom is 0.346 e. The number of carbonyl (C=O) groups is 2. The molecular formula is C112H92N6O12. The van der Waals surface area contributed by atoms with E-state index in [2.05, 4.69) is 284 Å². The highest BCUT2D eigenvalue weighted by Crippen LogP contribution is 2.52. The van der Waals surface area contributed by atoms with Gasteiger partial charge in [-0.1, -0.05) is 48.5 Å².